The van der Waals surface area contributed by atoms with E-state index in [0.717, 1.165) is 22.5 Å². The molecule has 0 aromatic heterocycles. The summed E-state index contributed by atoms with van der Waals surface area (Å²) in [5.41, 5.74) is 9.08. The Morgan fingerprint density at radius 2 is 2.00 bits per heavy atom. The quantitative estimate of drug-likeness (QED) is 0.543. The van der Waals surface area contributed by atoms with E-state index in [1.54, 1.807) is 0 Å². The van der Waals surface area contributed by atoms with E-state index in [9.17, 15) is 4.79 Å². The molecule has 1 aromatic rings. The monoisotopic (exact) mass is 190 g/mol. The third-order valence-corrected chi connectivity index (χ3v) is 1.97. The Kier molecular flexibility index (Phi) is 3.02. The highest BCUT2D eigenvalue weighted by atomic mass is 16.1. The van der Waals surface area contributed by atoms with E-state index < -0.39 is 0 Å². The maximum atomic E-state index is 10.8. The van der Waals surface area contributed by atoms with Crippen LogP contribution in [0.25, 0.3) is 0 Å². The normalized spacial score (nSPS) is 11.5. The van der Waals surface area contributed by atoms with Crippen molar-refractivity contribution < 1.29 is 4.79 Å². The molecular formula is C11H14N2O. The average molecular weight is 190 g/mol. The number of nitrogen functional groups attached to an aromatic ring is 1. The first-order chi connectivity index (χ1) is 6.50. The van der Waals surface area contributed by atoms with Gasteiger partial charge < -0.3 is 5.73 Å². The number of carbonyl (C=O) groups excluding carboxylic acids is 1. The summed E-state index contributed by atoms with van der Waals surface area (Å²) in [5, 5.41) is 0. The van der Waals surface area contributed by atoms with Crippen molar-refractivity contribution in [2.75, 3.05) is 5.73 Å². The largest absolute Gasteiger partial charge is 0.399 e. The minimum atomic E-state index is -0.182. The van der Waals surface area contributed by atoms with Crippen LogP contribution in [0.5, 0.6) is 0 Å². The van der Waals surface area contributed by atoms with E-state index in [4.69, 9.17) is 5.73 Å². The zero-order valence-corrected chi connectivity index (χ0v) is 8.66. The van der Waals surface area contributed by atoms with Crippen LogP contribution in [0, 0.1) is 6.92 Å². The molecule has 0 aliphatic heterocycles. The van der Waals surface area contributed by atoms with Gasteiger partial charge in [-0.3, -0.25) is 4.79 Å². The predicted octanol–water partition coefficient (Wildman–Crippen LogP) is 1.93. The van der Waals surface area contributed by atoms with Crippen LogP contribution < -0.4 is 5.73 Å². The molecule has 0 saturated heterocycles. The van der Waals surface area contributed by atoms with Gasteiger partial charge >= 0.3 is 0 Å². The van der Waals surface area contributed by atoms with Crippen LogP contribution in [0.15, 0.2) is 23.2 Å². The van der Waals surface area contributed by atoms with Crippen molar-refractivity contribution in [3.63, 3.8) is 0 Å². The standard InChI is InChI=1S/C11H14N2O/c1-7-6-10(12)4-5-11(7)8(2)13-9(3)14/h4-6H,12H2,1-3H3. The molecule has 0 spiro atoms. The molecule has 0 unspecified atom stereocenters. The van der Waals surface area contributed by atoms with Crippen LogP contribution in [0.3, 0.4) is 0 Å². The highest BCUT2D eigenvalue weighted by molar-refractivity contribution is 6.05. The summed E-state index contributed by atoms with van der Waals surface area (Å²) in [6.07, 6.45) is 0. The third kappa shape index (κ3) is 2.42. The molecule has 1 rings (SSSR count). The molecule has 1 amide bonds. The highest BCUT2D eigenvalue weighted by Crippen LogP contribution is 2.13. The Morgan fingerprint density at radius 1 is 1.36 bits per heavy atom. The highest BCUT2D eigenvalue weighted by Gasteiger charge is 2.02. The van der Waals surface area contributed by atoms with Gasteiger partial charge in [-0.25, -0.2) is 4.99 Å². The Balaban J connectivity index is 3.14. The fourth-order valence-corrected chi connectivity index (χ4v) is 1.39. The minimum Gasteiger partial charge on any atom is -0.399 e. The lowest BCUT2D eigenvalue weighted by Crippen LogP contribution is -2.01. The third-order valence-electron chi connectivity index (χ3n) is 1.97. The first-order valence-corrected chi connectivity index (χ1v) is 4.43. The van der Waals surface area contributed by atoms with Crippen molar-refractivity contribution in [1.82, 2.24) is 0 Å². The van der Waals surface area contributed by atoms with Crippen molar-refractivity contribution in [2.24, 2.45) is 4.99 Å². The SMILES string of the molecule is CC(=O)N=C(C)c1ccc(N)cc1C. The number of aryl methyl sites for hydroxylation is 1. The second kappa shape index (κ2) is 4.05. The minimum absolute atomic E-state index is 0.182. The molecule has 3 nitrogen and oxygen atoms in total. The van der Waals surface area contributed by atoms with Gasteiger partial charge in [-0.15, -0.1) is 0 Å². The second-order valence-corrected chi connectivity index (χ2v) is 3.29. The number of hydrogen-bond donors (Lipinski definition) is 1. The van der Waals surface area contributed by atoms with Gasteiger partial charge in [0.1, 0.15) is 0 Å². The van der Waals surface area contributed by atoms with Gasteiger partial charge in [0.2, 0.25) is 5.91 Å². The molecule has 1 aromatic carbocycles. The molecule has 0 fully saturated rings. The Hall–Kier alpha value is -1.64. The van der Waals surface area contributed by atoms with Crippen molar-refractivity contribution >= 4 is 17.3 Å². The summed E-state index contributed by atoms with van der Waals surface area (Å²) in [7, 11) is 0. The topological polar surface area (TPSA) is 55.5 Å². The van der Waals surface area contributed by atoms with Crippen LogP contribution in [0.2, 0.25) is 0 Å². The summed E-state index contributed by atoms with van der Waals surface area (Å²) < 4.78 is 0. The molecule has 3 heteroatoms. The number of carbonyl (C=O) groups is 1. The Morgan fingerprint density at radius 3 is 2.50 bits per heavy atom. The average Bonchev–Trinajstić information content (AvgIpc) is 2.01. The van der Waals surface area contributed by atoms with Gasteiger partial charge in [0.15, 0.2) is 0 Å². The Labute approximate surface area is 83.7 Å². The molecule has 0 aliphatic carbocycles. The van der Waals surface area contributed by atoms with E-state index in [2.05, 4.69) is 4.99 Å². The van der Waals surface area contributed by atoms with Gasteiger partial charge in [0.25, 0.3) is 0 Å². The van der Waals surface area contributed by atoms with E-state index >= 15 is 0 Å². The number of nitrogens with two attached hydrogens (primary N) is 1. The van der Waals surface area contributed by atoms with Crippen molar-refractivity contribution in [3.8, 4) is 0 Å². The van der Waals surface area contributed by atoms with Crippen molar-refractivity contribution in [2.45, 2.75) is 20.8 Å². The molecule has 0 saturated carbocycles. The van der Waals surface area contributed by atoms with Crippen molar-refractivity contribution in [3.05, 3.63) is 29.3 Å². The van der Waals surface area contributed by atoms with Gasteiger partial charge in [0.05, 0.1) is 0 Å². The van der Waals surface area contributed by atoms with E-state index in [1.165, 1.54) is 6.92 Å². The molecule has 0 radical (unpaired) electrons. The van der Waals surface area contributed by atoms with E-state index in [0.29, 0.717) is 0 Å². The number of aliphatic imine (C=N–C) groups is 1. The Bertz CT molecular complexity index is 394. The summed E-state index contributed by atoms with van der Waals surface area (Å²) in [6, 6.07) is 5.56. The first kappa shape index (κ1) is 10.4. The first-order valence-electron chi connectivity index (χ1n) is 4.43. The number of amides is 1. The second-order valence-electron chi connectivity index (χ2n) is 3.29. The molecule has 0 aliphatic rings. The molecule has 0 atom stereocenters. The molecule has 2 N–H and O–H groups in total. The van der Waals surface area contributed by atoms with E-state index in [1.807, 2.05) is 32.0 Å². The molecular weight excluding hydrogens is 176 g/mol. The summed E-state index contributed by atoms with van der Waals surface area (Å²) in [5.74, 6) is -0.182. The predicted molar refractivity (Wildman–Crippen MR) is 58.5 cm³/mol. The van der Waals surface area contributed by atoms with Gasteiger partial charge in [-0.1, -0.05) is 6.07 Å². The summed E-state index contributed by atoms with van der Waals surface area (Å²) >= 11 is 0. The van der Waals surface area contributed by atoms with Crippen LogP contribution >= 0.6 is 0 Å². The van der Waals surface area contributed by atoms with Gasteiger partial charge in [0, 0.05) is 18.3 Å². The fraction of sp³-hybridized carbons (Fsp3) is 0.273. The molecule has 0 bridgehead atoms. The number of anilines is 1. The maximum absolute atomic E-state index is 10.8. The maximum Gasteiger partial charge on any atom is 0.242 e. The van der Waals surface area contributed by atoms with Crippen LogP contribution in [-0.2, 0) is 4.79 Å². The van der Waals surface area contributed by atoms with Gasteiger partial charge in [-0.05, 0) is 37.1 Å². The molecule has 74 valence electrons. The smallest absolute Gasteiger partial charge is 0.242 e. The lowest BCUT2D eigenvalue weighted by molar-refractivity contribution is -0.115. The molecule has 14 heavy (non-hydrogen) atoms. The van der Waals surface area contributed by atoms with Crippen molar-refractivity contribution in [1.29, 1.82) is 0 Å². The zero-order valence-electron chi connectivity index (χ0n) is 8.66. The summed E-state index contributed by atoms with van der Waals surface area (Å²) in [6.45, 7) is 5.21. The zero-order chi connectivity index (χ0) is 10.7. The van der Waals surface area contributed by atoms with E-state index in [-0.39, 0.29) is 5.91 Å². The fourth-order valence-electron chi connectivity index (χ4n) is 1.39. The van der Waals surface area contributed by atoms with Crippen LogP contribution in [-0.4, -0.2) is 11.6 Å². The van der Waals surface area contributed by atoms with Crippen LogP contribution in [0.4, 0.5) is 5.69 Å². The number of benzene rings is 1. The number of hydrogen-bond acceptors (Lipinski definition) is 2. The lowest BCUT2D eigenvalue weighted by atomic mass is 10.0. The number of rotatable bonds is 1. The lowest BCUT2D eigenvalue weighted by Gasteiger charge is -2.05. The molecule has 0 heterocycles. The van der Waals surface area contributed by atoms with Gasteiger partial charge in [-0.2, -0.15) is 0 Å². The number of nitrogens with zero attached hydrogens (tertiary/aromatic N) is 1. The van der Waals surface area contributed by atoms with Crippen LogP contribution in [0.1, 0.15) is 25.0 Å². The summed E-state index contributed by atoms with van der Waals surface area (Å²) in [4.78, 5) is 14.7.